The first kappa shape index (κ1) is 16.1. The van der Waals surface area contributed by atoms with E-state index in [4.69, 9.17) is 10.5 Å². The topological polar surface area (TPSA) is 81.4 Å². The molecule has 0 unspecified atom stereocenters. The molecule has 0 bridgehead atoms. The molecule has 0 aliphatic heterocycles. The fraction of sp³-hybridized carbons (Fsp3) is 0.600. The molecule has 0 amide bonds. The molecule has 6 heteroatoms. The van der Waals surface area contributed by atoms with Crippen LogP contribution in [0.4, 0.5) is 5.69 Å². The van der Waals surface area contributed by atoms with Crippen LogP contribution in [-0.4, -0.2) is 21.3 Å². The lowest BCUT2D eigenvalue weighted by atomic mass is 9.91. The third kappa shape index (κ3) is 4.35. The predicted octanol–water partition coefficient (Wildman–Crippen LogP) is 2.48. The molecule has 21 heavy (non-hydrogen) atoms. The van der Waals surface area contributed by atoms with Gasteiger partial charge in [-0.25, -0.2) is 8.42 Å². The molecule has 1 aromatic rings. The van der Waals surface area contributed by atoms with Crippen LogP contribution in [0.2, 0.25) is 0 Å². The molecule has 1 aliphatic rings. The molecule has 3 N–H and O–H groups in total. The highest BCUT2D eigenvalue weighted by molar-refractivity contribution is 7.92. The van der Waals surface area contributed by atoms with Gasteiger partial charge in [0.15, 0.2) is 0 Å². The molecule has 0 saturated heterocycles. The fourth-order valence-electron chi connectivity index (χ4n) is 2.89. The molecule has 1 fully saturated rings. The maximum Gasteiger partial charge on any atom is 0.233 e. The summed E-state index contributed by atoms with van der Waals surface area (Å²) in [6.45, 7) is 0.262. The molecule has 1 aliphatic carbocycles. The van der Waals surface area contributed by atoms with Gasteiger partial charge in [0.05, 0.1) is 18.6 Å². The summed E-state index contributed by atoms with van der Waals surface area (Å²) in [4.78, 5) is 0. The average Bonchev–Trinajstić information content (AvgIpc) is 2.47. The molecule has 1 aromatic carbocycles. The van der Waals surface area contributed by atoms with Crippen molar-refractivity contribution >= 4 is 15.7 Å². The lowest BCUT2D eigenvalue weighted by molar-refractivity contribution is 0.385. The van der Waals surface area contributed by atoms with Crippen molar-refractivity contribution in [2.45, 2.75) is 38.6 Å². The van der Waals surface area contributed by atoms with Gasteiger partial charge in [-0.2, -0.15) is 0 Å². The second-order valence-corrected chi connectivity index (χ2v) is 7.35. The summed E-state index contributed by atoms with van der Waals surface area (Å²) in [5.74, 6) is 0.937. The van der Waals surface area contributed by atoms with E-state index in [-0.39, 0.29) is 18.2 Å². The number of hydrogen-bond acceptors (Lipinski definition) is 4. The van der Waals surface area contributed by atoms with Crippen LogP contribution >= 0.6 is 0 Å². The molecule has 0 atom stereocenters. The van der Waals surface area contributed by atoms with Crippen LogP contribution in [0.15, 0.2) is 18.2 Å². The largest absolute Gasteiger partial charge is 0.495 e. The van der Waals surface area contributed by atoms with Gasteiger partial charge < -0.3 is 10.5 Å². The fourth-order valence-corrected chi connectivity index (χ4v) is 4.47. The highest BCUT2D eigenvalue weighted by atomic mass is 32.2. The lowest BCUT2D eigenvalue weighted by Gasteiger charge is -2.22. The molecule has 0 radical (unpaired) electrons. The Bertz CT molecular complexity index is 544. The van der Waals surface area contributed by atoms with Gasteiger partial charge in [0.2, 0.25) is 10.0 Å². The summed E-state index contributed by atoms with van der Waals surface area (Å²) < 4.78 is 32.7. The number of hydrogen-bond donors (Lipinski definition) is 2. The van der Waals surface area contributed by atoms with Gasteiger partial charge in [0, 0.05) is 6.54 Å². The summed E-state index contributed by atoms with van der Waals surface area (Å²) in [7, 11) is -1.86. The second kappa shape index (κ2) is 7.13. The Morgan fingerprint density at radius 2 is 2.00 bits per heavy atom. The first-order valence-corrected chi connectivity index (χ1v) is 9.07. The zero-order valence-electron chi connectivity index (χ0n) is 12.5. The Kier molecular flexibility index (Phi) is 5.47. The minimum atomic E-state index is -3.38. The number of benzene rings is 1. The van der Waals surface area contributed by atoms with E-state index in [9.17, 15) is 8.42 Å². The molecule has 0 spiro atoms. The Labute approximate surface area is 126 Å². The highest BCUT2D eigenvalue weighted by Gasteiger charge is 2.23. The molecule has 0 aromatic heterocycles. The number of methoxy groups -OCH3 is 1. The summed E-state index contributed by atoms with van der Waals surface area (Å²) >= 11 is 0. The molecule has 5 nitrogen and oxygen atoms in total. The van der Waals surface area contributed by atoms with E-state index in [2.05, 4.69) is 4.72 Å². The minimum absolute atomic E-state index is 0.176. The molecule has 1 saturated carbocycles. The number of ether oxygens (including phenoxy) is 1. The van der Waals surface area contributed by atoms with Crippen LogP contribution in [0.5, 0.6) is 5.75 Å². The standard InChI is InChI=1S/C15H24N2O3S/c1-20-14-9-5-8-13(10-16)15(14)17-21(18,19)11-12-6-3-2-4-7-12/h5,8-9,12,17H,2-4,6-7,10-11,16H2,1H3. The van der Waals surface area contributed by atoms with Crippen LogP contribution in [0, 0.1) is 5.92 Å². The number of rotatable bonds is 6. The van der Waals surface area contributed by atoms with Crippen molar-refractivity contribution in [2.75, 3.05) is 17.6 Å². The zero-order valence-corrected chi connectivity index (χ0v) is 13.3. The maximum absolute atomic E-state index is 12.4. The second-order valence-electron chi connectivity index (χ2n) is 5.59. The summed E-state index contributed by atoms with van der Waals surface area (Å²) in [5.41, 5.74) is 6.90. The molecular formula is C15H24N2O3S. The zero-order chi connectivity index (χ0) is 15.3. The highest BCUT2D eigenvalue weighted by Crippen LogP contribution is 2.31. The van der Waals surface area contributed by atoms with Crippen molar-refractivity contribution in [2.24, 2.45) is 11.7 Å². The van der Waals surface area contributed by atoms with Gasteiger partial charge in [-0.05, 0) is 30.4 Å². The van der Waals surface area contributed by atoms with Crippen molar-refractivity contribution in [1.82, 2.24) is 0 Å². The maximum atomic E-state index is 12.4. The third-order valence-electron chi connectivity index (χ3n) is 3.99. The van der Waals surface area contributed by atoms with Crippen LogP contribution < -0.4 is 15.2 Å². The Balaban J connectivity index is 2.15. The Morgan fingerprint density at radius 3 is 2.62 bits per heavy atom. The molecular weight excluding hydrogens is 288 g/mol. The number of sulfonamides is 1. The van der Waals surface area contributed by atoms with Crippen LogP contribution in [-0.2, 0) is 16.6 Å². The van der Waals surface area contributed by atoms with Gasteiger partial charge >= 0.3 is 0 Å². The average molecular weight is 312 g/mol. The van der Waals surface area contributed by atoms with Gasteiger partial charge in [-0.1, -0.05) is 31.4 Å². The first-order valence-electron chi connectivity index (χ1n) is 7.42. The molecule has 118 valence electrons. The number of para-hydroxylation sites is 1. The van der Waals surface area contributed by atoms with Crippen molar-refractivity contribution in [3.05, 3.63) is 23.8 Å². The first-order chi connectivity index (χ1) is 10.1. The van der Waals surface area contributed by atoms with Crippen LogP contribution in [0.3, 0.4) is 0 Å². The SMILES string of the molecule is COc1cccc(CN)c1NS(=O)(=O)CC1CCCCC1. The van der Waals surface area contributed by atoms with Crippen LogP contribution in [0.1, 0.15) is 37.7 Å². The predicted molar refractivity (Wildman–Crippen MR) is 84.9 cm³/mol. The van der Waals surface area contributed by atoms with Crippen molar-refractivity contribution in [1.29, 1.82) is 0 Å². The van der Waals surface area contributed by atoms with Gasteiger partial charge in [-0.15, -0.1) is 0 Å². The number of nitrogens with one attached hydrogen (secondary N) is 1. The summed E-state index contributed by atoms with van der Waals surface area (Å²) in [5, 5.41) is 0. The Morgan fingerprint density at radius 1 is 1.29 bits per heavy atom. The monoisotopic (exact) mass is 312 g/mol. The number of anilines is 1. The van der Waals surface area contributed by atoms with Gasteiger partial charge in [0.25, 0.3) is 0 Å². The smallest absolute Gasteiger partial charge is 0.233 e. The lowest BCUT2D eigenvalue weighted by Crippen LogP contribution is -2.25. The molecule has 2 rings (SSSR count). The normalized spacial score (nSPS) is 16.7. The minimum Gasteiger partial charge on any atom is -0.495 e. The number of nitrogens with two attached hydrogens (primary N) is 1. The molecule has 0 heterocycles. The van der Waals surface area contributed by atoms with Gasteiger partial charge in [0.1, 0.15) is 5.75 Å². The van der Waals surface area contributed by atoms with E-state index in [0.29, 0.717) is 11.4 Å². The van der Waals surface area contributed by atoms with Crippen LogP contribution in [0.25, 0.3) is 0 Å². The van der Waals surface area contributed by atoms with E-state index in [1.54, 1.807) is 18.2 Å². The summed E-state index contributed by atoms with van der Waals surface area (Å²) in [6.07, 6.45) is 5.47. The summed E-state index contributed by atoms with van der Waals surface area (Å²) in [6, 6.07) is 5.35. The van der Waals surface area contributed by atoms with Crippen molar-refractivity contribution in [3.8, 4) is 5.75 Å². The van der Waals surface area contributed by atoms with E-state index < -0.39 is 10.0 Å². The Hall–Kier alpha value is -1.27. The van der Waals surface area contributed by atoms with E-state index >= 15 is 0 Å². The van der Waals surface area contributed by atoms with Gasteiger partial charge in [-0.3, -0.25) is 4.72 Å². The van der Waals surface area contributed by atoms with E-state index in [1.807, 2.05) is 0 Å². The quantitative estimate of drug-likeness (QED) is 0.845. The van der Waals surface area contributed by atoms with E-state index in [0.717, 1.165) is 31.2 Å². The van der Waals surface area contributed by atoms with Crippen molar-refractivity contribution < 1.29 is 13.2 Å². The van der Waals surface area contributed by atoms with Crippen molar-refractivity contribution in [3.63, 3.8) is 0 Å². The third-order valence-corrected chi connectivity index (χ3v) is 5.42. The van der Waals surface area contributed by atoms with E-state index in [1.165, 1.54) is 13.5 Å².